The molecule has 0 radical (unpaired) electrons. The second-order valence-corrected chi connectivity index (χ2v) is 7.16. The SMILES string of the molecule is COc1cccc(C(=O)N2CC(C)C(c3nc(-c4ccccc4)no3)C2)c1OC. The Morgan fingerprint density at radius 3 is 2.59 bits per heavy atom. The minimum atomic E-state index is -0.0992. The van der Waals surface area contributed by atoms with E-state index in [9.17, 15) is 4.79 Å². The molecule has 1 aromatic heterocycles. The Balaban J connectivity index is 1.55. The standard InChI is InChI=1S/C22H23N3O4/c1-14-12-25(22(26)16-10-7-11-18(27-2)19(16)28-3)13-17(14)21-23-20(24-29-21)15-8-5-4-6-9-15/h4-11,14,17H,12-13H2,1-3H3. The molecule has 7 heteroatoms. The van der Waals surface area contributed by atoms with Crippen LogP contribution >= 0.6 is 0 Å². The molecule has 0 bridgehead atoms. The number of aromatic nitrogens is 2. The summed E-state index contributed by atoms with van der Waals surface area (Å²) in [5.41, 5.74) is 1.39. The van der Waals surface area contributed by atoms with Crippen molar-refractivity contribution in [3.05, 3.63) is 60.0 Å². The van der Waals surface area contributed by atoms with E-state index in [0.29, 0.717) is 41.9 Å². The van der Waals surface area contributed by atoms with Crippen LogP contribution in [0, 0.1) is 5.92 Å². The van der Waals surface area contributed by atoms with Gasteiger partial charge in [-0.15, -0.1) is 0 Å². The van der Waals surface area contributed by atoms with Crippen molar-refractivity contribution in [2.45, 2.75) is 12.8 Å². The van der Waals surface area contributed by atoms with E-state index in [-0.39, 0.29) is 17.7 Å². The van der Waals surface area contributed by atoms with E-state index in [4.69, 9.17) is 14.0 Å². The van der Waals surface area contributed by atoms with Gasteiger partial charge in [-0.1, -0.05) is 48.5 Å². The third kappa shape index (κ3) is 3.55. The van der Waals surface area contributed by atoms with Crippen molar-refractivity contribution in [3.63, 3.8) is 0 Å². The number of ether oxygens (including phenoxy) is 2. The molecule has 1 aliphatic rings. The van der Waals surface area contributed by atoms with Gasteiger partial charge in [0, 0.05) is 18.7 Å². The van der Waals surface area contributed by atoms with Gasteiger partial charge in [-0.2, -0.15) is 4.98 Å². The number of para-hydroxylation sites is 1. The number of methoxy groups -OCH3 is 2. The molecule has 1 aliphatic heterocycles. The van der Waals surface area contributed by atoms with E-state index >= 15 is 0 Å². The van der Waals surface area contributed by atoms with Crippen LogP contribution in [-0.2, 0) is 0 Å². The molecule has 1 fully saturated rings. The Hall–Kier alpha value is -3.35. The van der Waals surface area contributed by atoms with Crippen LogP contribution in [0.4, 0.5) is 0 Å². The molecule has 1 saturated heterocycles. The van der Waals surface area contributed by atoms with Crippen molar-refractivity contribution in [1.29, 1.82) is 0 Å². The van der Waals surface area contributed by atoms with Crippen molar-refractivity contribution in [1.82, 2.24) is 15.0 Å². The minimum absolute atomic E-state index is 0.0134. The fourth-order valence-corrected chi connectivity index (χ4v) is 3.77. The molecule has 29 heavy (non-hydrogen) atoms. The third-order valence-electron chi connectivity index (χ3n) is 5.32. The molecule has 2 unspecified atom stereocenters. The summed E-state index contributed by atoms with van der Waals surface area (Å²) in [5, 5.41) is 4.12. The van der Waals surface area contributed by atoms with Gasteiger partial charge in [0.15, 0.2) is 11.5 Å². The van der Waals surface area contributed by atoms with Gasteiger partial charge in [0.1, 0.15) is 0 Å². The molecule has 0 spiro atoms. The number of benzene rings is 2. The monoisotopic (exact) mass is 393 g/mol. The largest absolute Gasteiger partial charge is 0.493 e. The lowest BCUT2D eigenvalue weighted by molar-refractivity contribution is 0.0782. The molecule has 4 rings (SSSR count). The molecular weight excluding hydrogens is 370 g/mol. The Labute approximate surface area is 169 Å². The lowest BCUT2D eigenvalue weighted by Crippen LogP contribution is -2.29. The van der Waals surface area contributed by atoms with Crippen molar-refractivity contribution in [3.8, 4) is 22.9 Å². The summed E-state index contributed by atoms with van der Waals surface area (Å²) in [6, 6.07) is 15.0. The van der Waals surface area contributed by atoms with Crippen molar-refractivity contribution < 1.29 is 18.8 Å². The first kappa shape index (κ1) is 19.0. The molecule has 2 heterocycles. The van der Waals surface area contributed by atoms with Gasteiger partial charge in [-0.3, -0.25) is 4.79 Å². The van der Waals surface area contributed by atoms with E-state index in [1.807, 2.05) is 30.3 Å². The summed E-state index contributed by atoms with van der Waals surface area (Å²) in [5.74, 6) is 2.18. The van der Waals surface area contributed by atoms with E-state index in [1.54, 1.807) is 30.2 Å². The smallest absolute Gasteiger partial charge is 0.257 e. The molecule has 0 aliphatic carbocycles. The maximum absolute atomic E-state index is 13.2. The summed E-state index contributed by atoms with van der Waals surface area (Å²) in [7, 11) is 3.09. The normalized spacial score (nSPS) is 18.7. The number of nitrogens with zero attached hydrogens (tertiary/aromatic N) is 3. The summed E-state index contributed by atoms with van der Waals surface area (Å²) in [6.45, 7) is 3.21. The van der Waals surface area contributed by atoms with Gasteiger partial charge in [-0.05, 0) is 18.1 Å². The maximum Gasteiger partial charge on any atom is 0.257 e. The van der Waals surface area contributed by atoms with Gasteiger partial charge in [0.25, 0.3) is 5.91 Å². The topological polar surface area (TPSA) is 77.7 Å². The zero-order valence-electron chi connectivity index (χ0n) is 16.7. The van der Waals surface area contributed by atoms with E-state index in [1.165, 1.54) is 7.11 Å². The predicted octanol–water partition coefficient (Wildman–Crippen LogP) is 3.63. The van der Waals surface area contributed by atoms with Gasteiger partial charge >= 0.3 is 0 Å². The second-order valence-electron chi connectivity index (χ2n) is 7.16. The summed E-state index contributed by atoms with van der Waals surface area (Å²) in [6.07, 6.45) is 0. The highest BCUT2D eigenvalue weighted by molar-refractivity contribution is 5.98. The van der Waals surface area contributed by atoms with Crippen LogP contribution in [0.2, 0.25) is 0 Å². The Morgan fingerprint density at radius 2 is 1.86 bits per heavy atom. The number of hydrogen-bond acceptors (Lipinski definition) is 6. The van der Waals surface area contributed by atoms with Crippen molar-refractivity contribution in [2.24, 2.45) is 5.92 Å². The molecule has 0 saturated carbocycles. The van der Waals surface area contributed by atoms with Crippen LogP contribution < -0.4 is 9.47 Å². The van der Waals surface area contributed by atoms with E-state index < -0.39 is 0 Å². The number of amides is 1. The maximum atomic E-state index is 13.2. The summed E-state index contributed by atoms with van der Waals surface area (Å²) < 4.78 is 16.3. The first-order valence-corrected chi connectivity index (χ1v) is 9.51. The van der Waals surface area contributed by atoms with Crippen molar-refractivity contribution in [2.75, 3.05) is 27.3 Å². The molecule has 0 N–H and O–H groups in total. The molecule has 150 valence electrons. The molecule has 3 aromatic rings. The second kappa shape index (κ2) is 7.95. The molecule has 2 atom stereocenters. The lowest BCUT2D eigenvalue weighted by atomic mass is 9.98. The summed E-state index contributed by atoms with van der Waals surface area (Å²) in [4.78, 5) is 19.6. The number of rotatable bonds is 5. The lowest BCUT2D eigenvalue weighted by Gasteiger charge is -2.19. The fourth-order valence-electron chi connectivity index (χ4n) is 3.77. The first-order valence-electron chi connectivity index (χ1n) is 9.51. The Bertz CT molecular complexity index is 1000. The third-order valence-corrected chi connectivity index (χ3v) is 5.32. The Morgan fingerprint density at radius 1 is 1.07 bits per heavy atom. The van der Waals surface area contributed by atoms with Gasteiger partial charge < -0.3 is 18.9 Å². The number of hydrogen-bond donors (Lipinski definition) is 0. The molecule has 7 nitrogen and oxygen atoms in total. The zero-order valence-corrected chi connectivity index (χ0v) is 16.7. The predicted molar refractivity (Wildman–Crippen MR) is 107 cm³/mol. The van der Waals surface area contributed by atoms with Crippen LogP contribution in [0.25, 0.3) is 11.4 Å². The fraction of sp³-hybridized carbons (Fsp3) is 0.318. The summed E-state index contributed by atoms with van der Waals surface area (Å²) >= 11 is 0. The number of likely N-dealkylation sites (tertiary alicyclic amines) is 1. The van der Waals surface area contributed by atoms with Crippen LogP contribution in [0.3, 0.4) is 0 Å². The number of carbonyl (C=O) groups is 1. The highest BCUT2D eigenvalue weighted by Crippen LogP contribution is 2.36. The van der Waals surface area contributed by atoms with Crippen LogP contribution in [0.15, 0.2) is 53.1 Å². The van der Waals surface area contributed by atoms with E-state index in [0.717, 1.165) is 5.56 Å². The van der Waals surface area contributed by atoms with Crippen molar-refractivity contribution >= 4 is 5.91 Å². The molecule has 1 amide bonds. The Kier molecular flexibility index (Phi) is 5.20. The van der Waals surface area contributed by atoms with Gasteiger partial charge in [0.2, 0.25) is 11.7 Å². The van der Waals surface area contributed by atoms with E-state index in [2.05, 4.69) is 17.1 Å². The molecule has 2 aromatic carbocycles. The van der Waals surface area contributed by atoms with Crippen LogP contribution in [-0.4, -0.2) is 48.3 Å². The minimum Gasteiger partial charge on any atom is -0.493 e. The highest BCUT2D eigenvalue weighted by Gasteiger charge is 2.38. The molecular formula is C22H23N3O4. The van der Waals surface area contributed by atoms with Crippen LogP contribution in [0.1, 0.15) is 29.1 Å². The highest BCUT2D eigenvalue weighted by atomic mass is 16.5. The van der Waals surface area contributed by atoms with Crippen LogP contribution in [0.5, 0.6) is 11.5 Å². The van der Waals surface area contributed by atoms with Gasteiger partial charge in [0.05, 0.1) is 25.7 Å². The van der Waals surface area contributed by atoms with Gasteiger partial charge in [-0.25, -0.2) is 0 Å². The first-order chi connectivity index (χ1) is 14.1. The quantitative estimate of drug-likeness (QED) is 0.659. The number of carbonyl (C=O) groups excluding carboxylic acids is 1. The average Bonchev–Trinajstić information content (AvgIpc) is 3.40. The average molecular weight is 393 g/mol. The zero-order chi connectivity index (χ0) is 20.4.